The summed E-state index contributed by atoms with van der Waals surface area (Å²) in [5.41, 5.74) is 4.17. The quantitative estimate of drug-likeness (QED) is 0.693. The van der Waals surface area contributed by atoms with Crippen LogP contribution in [0.2, 0.25) is 0 Å². The highest BCUT2D eigenvalue weighted by atomic mass is 16.6. The Morgan fingerprint density at radius 3 is 2.67 bits per heavy atom. The Bertz CT molecular complexity index is 1050. The van der Waals surface area contributed by atoms with Crippen molar-refractivity contribution in [3.05, 3.63) is 59.7 Å². The number of ether oxygens (including phenoxy) is 1. The fourth-order valence-electron chi connectivity index (χ4n) is 3.95. The minimum absolute atomic E-state index is 0.0478. The number of amides is 1. The van der Waals surface area contributed by atoms with E-state index in [1.807, 2.05) is 26.8 Å². The SMILES string of the molecule is Cc1ccccc1Cn1c(N2CC[C@@H](NC(=O)OC(C)(C)C)C2)nc2ccccc21. The molecule has 0 aliphatic carbocycles. The van der Waals surface area contributed by atoms with Gasteiger partial charge in [0.25, 0.3) is 0 Å². The zero-order valence-electron chi connectivity index (χ0n) is 18.2. The van der Waals surface area contributed by atoms with Crippen molar-refractivity contribution in [2.45, 2.75) is 52.3 Å². The highest BCUT2D eigenvalue weighted by Gasteiger charge is 2.29. The first-order chi connectivity index (χ1) is 14.3. The van der Waals surface area contributed by atoms with Crippen LogP contribution in [0.25, 0.3) is 11.0 Å². The van der Waals surface area contributed by atoms with Gasteiger partial charge in [-0.25, -0.2) is 9.78 Å². The normalized spacial score (nSPS) is 16.8. The number of rotatable bonds is 4. The third kappa shape index (κ3) is 4.42. The first kappa shape index (κ1) is 20.3. The first-order valence-corrected chi connectivity index (χ1v) is 10.5. The highest BCUT2D eigenvalue weighted by Crippen LogP contribution is 2.27. The van der Waals surface area contributed by atoms with Gasteiger partial charge in [-0.1, -0.05) is 36.4 Å². The summed E-state index contributed by atoms with van der Waals surface area (Å²) in [5, 5.41) is 3.01. The molecule has 6 heteroatoms. The Balaban J connectivity index is 1.57. The molecule has 1 aliphatic heterocycles. The lowest BCUT2D eigenvalue weighted by Gasteiger charge is -2.22. The maximum Gasteiger partial charge on any atom is 0.407 e. The van der Waals surface area contributed by atoms with E-state index in [0.717, 1.165) is 43.0 Å². The van der Waals surface area contributed by atoms with E-state index in [1.54, 1.807) is 0 Å². The van der Waals surface area contributed by atoms with Gasteiger partial charge >= 0.3 is 6.09 Å². The molecule has 2 heterocycles. The molecule has 0 saturated carbocycles. The van der Waals surface area contributed by atoms with Crippen LogP contribution >= 0.6 is 0 Å². The van der Waals surface area contributed by atoms with Crippen LogP contribution < -0.4 is 10.2 Å². The molecule has 1 atom stereocenters. The molecule has 3 aromatic rings. The molecule has 1 N–H and O–H groups in total. The fourth-order valence-corrected chi connectivity index (χ4v) is 3.95. The molecule has 1 aromatic heterocycles. The smallest absolute Gasteiger partial charge is 0.407 e. The zero-order valence-corrected chi connectivity index (χ0v) is 18.2. The summed E-state index contributed by atoms with van der Waals surface area (Å²) in [4.78, 5) is 19.4. The average Bonchev–Trinajstić information content (AvgIpc) is 3.27. The van der Waals surface area contributed by atoms with Gasteiger partial charge < -0.3 is 19.5 Å². The number of benzene rings is 2. The van der Waals surface area contributed by atoms with E-state index < -0.39 is 5.60 Å². The van der Waals surface area contributed by atoms with Crippen molar-refractivity contribution in [2.75, 3.05) is 18.0 Å². The van der Waals surface area contributed by atoms with E-state index in [2.05, 4.69) is 64.2 Å². The Morgan fingerprint density at radius 2 is 1.90 bits per heavy atom. The predicted octanol–water partition coefficient (Wildman–Crippen LogP) is 4.50. The predicted molar refractivity (Wildman–Crippen MR) is 120 cm³/mol. The number of hydrogen-bond donors (Lipinski definition) is 1. The van der Waals surface area contributed by atoms with Gasteiger partial charge in [0.1, 0.15) is 5.60 Å². The largest absolute Gasteiger partial charge is 0.444 e. The van der Waals surface area contributed by atoms with Gasteiger partial charge in [0.15, 0.2) is 0 Å². The Hall–Kier alpha value is -3.02. The number of aromatic nitrogens is 2. The van der Waals surface area contributed by atoms with Gasteiger partial charge in [-0.05, 0) is 57.4 Å². The summed E-state index contributed by atoms with van der Waals surface area (Å²) in [6.45, 7) is 10.1. The molecule has 1 amide bonds. The number of nitrogens with zero attached hydrogens (tertiary/aromatic N) is 3. The van der Waals surface area contributed by atoms with E-state index in [9.17, 15) is 4.79 Å². The first-order valence-electron chi connectivity index (χ1n) is 10.5. The molecule has 0 spiro atoms. The summed E-state index contributed by atoms with van der Waals surface area (Å²) in [7, 11) is 0. The Labute approximate surface area is 177 Å². The average molecular weight is 407 g/mol. The van der Waals surface area contributed by atoms with E-state index in [-0.39, 0.29) is 12.1 Å². The maximum absolute atomic E-state index is 12.2. The van der Waals surface area contributed by atoms with Crippen molar-refractivity contribution in [2.24, 2.45) is 0 Å². The van der Waals surface area contributed by atoms with Crippen LogP contribution in [0.5, 0.6) is 0 Å². The number of aryl methyl sites for hydroxylation is 1. The summed E-state index contributed by atoms with van der Waals surface area (Å²) in [5.74, 6) is 0.952. The molecule has 1 aliphatic rings. The fraction of sp³-hybridized carbons (Fsp3) is 0.417. The number of para-hydroxylation sites is 2. The molecule has 158 valence electrons. The van der Waals surface area contributed by atoms with Gasteiger partial charge in [-0.2, -0.15) is 0 Å². The van der Waals surface area contributed by atoms with Crippen molar-refractivity contribution in [3.8, 4) is 0 Å². The minimum Gasteiger partial charge on any atom is -0.444 e. The lowest BCUT2D eigenvalue weighted by Crippen LogP contribution is -2.40. The lowest BCUT2D eigenvalue weighted by atomic mass is 10.1. The van der Waals surface area contributed by atoms with Crippen molar-refractivity contribution in [3.63, 3.8) is 0 Å². The number of hydrogen-bond acceptors (Lipinski definition) is 4. The van der Waals surface area contributed by atoms with Crippen LogP contribution in [0.3, 0.4) is 0 Å². The molecule has 6 nitrogen and oxygen atoms in total. The minimum atomic E-state index is -0.496. The molecule has 0 unspecified atom stereocenters. The van der Waals surface area contributed by atoms with Crippen LogP contribution in [0.4, 0.5) is 10.7 Å². The molecule has 30 heavy (non-hydrogen) atoms. The summed E-state index contributed by atoms with van der Waals surface area (Å²) >= 11 is 0. The zero-order chi connectivity index (χ0) is 21.3. The second-order valence-corrected chi connectivity index (χ2v) is 8.99. The Morgan fingerprint density at radius 1 is 1.17 bits per heavy atom. The van der Waals surface area contributed by atoms with Crippen LogP contribution in [-0.2, 0) is 11.3 Å². The number of anilines is 1. The van der Waals surface area contributed by atoms with Crippen LogP contribution in [0, 0.1) is 6.92 Å². The number of imidazole rings is 1. The van der Waals surface area contributed by atoms with Crippen LogP contribution in [0.15, 0.2) is 48.5 Å². The summed E-state index contributed by atoms with van der Waals surface area (Å²) in [6, 6.07) is 16.8. The second kappa shape index (κ2) is 8.01. The third-order valence-electron chi connectivity index (χ3n) is 5.42. The highest BCUT2D eigenvalue weighted by molar-refractivity contribution is 5.79. The molecule has 2 aromatic carbocycles. The standard InChI is InChI=1S/C24H30N4O2/c1-17-9-5-6-10-18(17)15-28-21-12-8-7-11-20(21)26-22(28)27-14-13-19(16-27)25-23(29)30-24(2,3)4/h5-12,19H,13-16H2,1-4H3,(H,25,29)/t19-/m1/s1. The topological polar surface area (TPSA) is 59.4 Å². The number of alkyl carbamates (subject to hydrolysis) is 1. The van der Waals surface area contributed by atoms with Gasteiger partial charge in [-0.15, -0.1) is 0 Å². The molecule has 0 bridgehead atoms. The Kier molecular flexibility index (Phi) is 5.41. The van der Waals surface area contributed by atoms with Crippen molar-refractivity contribution < 1.29 is 9.53 Å². The summed E-state index contributed by atoms with van der Waals surface area (Å²) < 4.78 is 7.70. The molecule has 1 saturated heterocycles. The van der Waals surface area contributed by atoms with Gasteiger partial charge in [-0.3, -0.25) is 0 Å². The molecular weight excluding hydrogens is 376 g/mol. The van der Waals surface area contributed by atoms with Crippen molar-refractivity contribution >= 4 is 23.1 Å². The number of carbonyl (C=O) groups is 1. The maximum atomic E-state index is 12.2. The van der Waals surface area contributed by atoms with Crippen molar-refractivity contribution in [1.82, 2.24) is 14.9 Å². The summed E-state index contributed by atoms with van der Waals surface area (Å²) in [6.07, 6.45) is 0.509. The van der Waals surface area contributed by atoms with Crippen molar-refractivity contribution in [1.29, 1.82) is 0 Å². The number of fused-ring (bicyclic) bond motifs is 1. The second-order valence-electron chi connectivity index (χ2n) is 8.99. The van der Waals surface area contributed by atoms with E-state index in [0.29, 0.717) is 0 Å². The monoisotopic (exact) mass is 406 g/mol. The van der Waals surface area contributed by atoms with Gasteiger partial charge in [0.2, 0.25) is 5.95 Å². The number of carbonyl (C=O) groups excluding carboxylic acids is 1. The van der Waals surface area contributed by atoms with Crippen LogP contribution in [0.1, 0.15) is 38.3 Å². The number of nitrogens with one attached hydrogen (secondary N) is 1. The van der Waals surface area contributed by atoms with Gasteiger partial charge in [0.05, 0.1) is 23.6 Å². The van der Waals surface area contributed by atoms with Crippen LogP contribution in [-0.4, -0.2) is 40.4 Å². The van der Waals surface area contributed by atoms with E-state index in [1.165, 1.54) is 11.1 Å². The third-order valence-corrected chi connectivity index (χ3v) is 5.42. The molecular formula is C24H30N4O2. The van der Waals surface area contributed by atoms with Gasteiger partial charge in [0, 0.05) is 13.1 Å². The lowest BCUT2D eigenvalue weighted by molar-refractivity contribution is 0.0509. The molecule has 4 rings (SSSR count). The van der Waals surface area contributed by atoms with E-state index >= 15 is 0 Å². The van der Waals surface area contributed by atoms with E-state index in [4.69, 9.17) is 9.72 Å². The molecule has 0 radical (unpaired) electrons. The molecule has 1 fully saturated rings.